The van der Waals surface area contributed by atoms with E-state index in [9.17, 15) is 0 Å². The molecule has 2 unspecified atom stereocenters. The Morgan fingerprint density at radius 2 is 0.920 bits per heavy atom. The lowest BCUT2D eigenvalue weighted by molar-refractivity contribution is 0.121. The summed E-state index contributed by atoms with van der Waals surface area (Å²) in [7, 11) is 0. The molecule has 2 N–H and O–H groups in total. The molecule has 0 radical (unpaired) electrons. The van der Waals surface area contributed by atoms with Crippen LogP contribution in [-0.2, 0) is 13.1 Å². The Kier molecular flexibility index (Phi) is 8.28. The van der Waals surface area contributed by atoms with Gasteiger partial charge in [-0.25, -0.2) is 0 Å². The molecule has 0 saturated heterocycles. The first-order valence-electron chi connectivity index (χ1n) is 18.0. The maximum atomic E-state index is 6.61. The minimum atomic E-state index is -0.266. The molecule has 0 spiro atoms. The number of nitrogen functional groups attached to an aromatic ring is 1. The molecular formula is C46H52N2O2. The van der Waals surface area contributed by atoms with Gasteiger partial charge >= 0.3 is 0 Å². The van der Waals surface area contributed by atoms with Gasteiger partial charge in [-0.05, 0) is 125 Å². The van der Waals surface area contributed by atoms with Gasteiger partial charge in [0.25, 0.3) is 0 Å². The van der Waals surface area contributed by atoms with Gasteiger partial charge in [-0.1, -0.05) is 84.9 Å². The molecule has 50 heavy (non-hydrogen) atoms. The van der Waals surface area contributed by atoms with Crippen molar-refractivity contribution in [2.75, 3.05) is 10.6 Å². The molecular weight excluding hydrogens is 613 g/mol. The van der Waals surface area contributed by atoms with Crippen molar-refractivity contribution in [1.82, 2.24) is 0 Å². The monoisotopic (exact) mass is 664 g/mol. The quantitative estimate of drug-likeness (QED) is 0.195. The van der Waals surface area contributed by atoms with Gasteiger partial charge < -0.3 is 20.1 Å². The number of rotatable bonds is 3. The lowest BCUT2D eigenvalue weighted by Gasteiger charge is -2.28. The van der Waals surface area contributed by atoms with Crippen molar-refractivity contribution in [3.05, 3.63) is 152 Å². The Morgan fingerprint density at radius 3 is 1.38 bits per heavy atom. The zero-order valence-electron chi connectivity index (χ0n) is 31.5. The van der Waals surface area contributed by atoms with Crippen LogP contribution in [0.15, 0.2) is 84.9 Å². The third-order valence-corrected chi connectivity index (χ3v) is 11.7. The second-order valence-electron chi connectivity index (χ2n) is 15.7. The van der Waals surface area contributed by atoms with E-state index in [2.05, 4.69) is 159 Å². The number of nitrogens with two attached hydrogens (primary N) is 1. The highest BCUT2D eigenvalue weighted by atomic mass is 16.5. The van der Waals surface area contributed by atoms with E-state index in [0.29, 0.717) is 0 Å². The fourth-order valence-corrected chi connectivity index (χ4v) is 8.99. The molecule has 5 aromatic carbocycles. The predicted molar refractivity (Wildman–Crippen MR) is 208 cm³/mol. The number of fused-ring (bicyclic) bond motifs is 3. The smallest absolute Gasteiger partial charge is 0.127 e. The molecule has 258 valence electrons. The Morgan fingerprint density at radius 1 is 0.520 bits per heavy atom. The van der Waals surface area contributed by atoms with Crippen LogP contribution >= 0.6 is 0 Å². The van der Waals surface area contributed by atoms with E-state index in [1.165, 1.54) is 61.3 Å². The van der Waals surface area contributed by atoms with Crippen molar-refractivity contribution in [1.29, 1.82) is 0 Å². The standard InChI is InChI=1S/C27H29NO.C19H23NO/c1-17-18(2)26-23(24(27(4,5)29-26)20-11-7-6-8-12-20)19(3)25(17)28-15-21-13-9-10-14-22(21)16-28;1-11-12(2)18-15(13(3)17(11)20)16(19(4,5)21-18)14-9-7-6-8-10-14/h6-14,24H,15-16H2,1-5H3;6-10,16H,20H2,1-5H3. The minimum Gasteiger partial charge on any atom is -0.486 e. The highest BCUT2D eigenvalue weighted by Gasteiger charge is 2.46. The number of hydrogen-bond donors (Lipinski definition) is 1. The van der Waals surface area contributed by atoms with Crippen LogP contribution < -0.4 is 20.1 Å². The summed E-state index contributed by atoms with van der Waals surface area (Å²) >= 11 is 0. The van der Waals surface area contributed by atoms with Gasteiger partial charge in [0, 0.05) is 35.6 Å². The average molecular weight is 665 g/mol. The summed E-state index contributed by atoms with van der Waals surface area (Å²) in [5.74, 6) is 2.58. The normalized spacial score (nSPS) is 19.1. The Labute approximate surface area is 299 Å². The van der Waals surface area contributed by atoms with Crippen LogP contribution in [0.5, 0.6) is 11.5 Å². The Balaban J connectivity index is 0.000000166. The van der Waals surface area contributed by atoms with Crippen molar-refractivity contribution in [3.8, 4) is 11.5 Å². The molecule has 4 nitrogen and oxygen atoms in total. The van der Waals surface area contributed by atoms with Gasteiger partial charge in [-0.2, -0.15) is 0 Å². The molecule has 0 amide bonds. The Bertz CT molecular complexity index is 2070. The third-order valence-electron chi connectivity index (χ3n) is 11.7. The van der Waals surface area contributed by atoms with Gasteiger partial charge in [-0.3, -0.25) is 0 Å². The van der Waals surface area contributed by atoms with Gasteiger partial charge in [0.2, 0.25) is 0 Å². The Hall–Kier alpha value is -4.70. The molecule has 0 saturated carbocycles. The van der Waals surface area contributed by atoms with Crippen LogP contribution in [0, 0.1) is 41.5 Å². The molecule has 3 aliphatic heterocycles. The topological polar surface area (TPSA) is 47.7 Å². The summed E-state index contributed by atoms with van der Waals surface area (Å²) in [5, 5.41) is 0. The van der Waals surface area contributed by atoms with E-state index in [-0.39, 0.29) is 23.0 Å². The number of benzene rings is 5. The molecule has 3 heterocycles. The van der Waals surface area contributed by atoms with E-state index in [0.717, 1.165) is 41.4 Å². The lowest BCUT2D eigenvalue weighted by atomic mass is 9.78. The van der Waals surface area contributed by atoms with Crippen LogP contribution in [0.25, 0.3) is 0 Å². The zero-order chi connectivity index (χ0) is 35.7. The van der Waals surface area contributed by atoms with E-state index < -0.39 is 0 Å². The van der Waals surface area contributed by atoms with Crippen molar-refractivity contribution in [2.45, 2.75) is 105 Å². The van der Waals surface area contributed by atoms with Gasteiger partial charge in [0.1, 0.15) is 22.7 Å². The predicted octanol–water partition coefficient (Wildman–Crippen LogP) is 10.9. The number of nitrogens with zero attached hydrogens (tertiary/aromatic N) is 1. The second kappa shape index (κ2) is 12.3. The number of ether oxygens (including phenoxy) is 2. The zero-order valence-corrected chi connectivity index (χ0v) is 31.5. The summed E-state index contributed by atoms with van der Waals surface area (Å²) < 4.78 is 13.0. The second-order valence-corrected chi connectivity index (χ2v) is 15.7. The van der Waals surface area contributed by atoms with Crippen LogP contribution in [0.1, 0.15) is 106 Å². The van der Waals surface area contributed by atoms with Crippen LogP contribution in [0.3, 0.4) is 0 Å². The van der Waals surface area contributed by atoms with Crippen molar-refractivity contribution < 1.29 is 9.47 Å². The molecule has 4 heteroatoms. The third kappa shape index (κ3) is 5.35. The van der Waals surface area contributed by atoms with Crippen LogP contribution in [0.4, 0.5) is 11.4 Å². The molecule has 2 atom stereocenters. The van der Waals surface area contributed by atoms with E-state index in [1.54, 1.807) is 0 Å². The maximum absolute atomic E-state index is 6.61. The van der Waals surface area contributed by atoms with Crippen LogP contribution in [-0.4, -0.2) is 11.2 Å². The summed E-state index contributed by atoms with van der Waals surface area (Å²) in [6.07, 6.45) is 0. The van der Waals surface area contributed by atoms with Crippen molar-refractivity contribution >= 4 is 11.4 Å². The first-order valence-corrected chi connectivity index (χ1v) is 18.0. The van der Waals surface area contributed by atoms with Crippen molar-refractivity contribution in [2.24, 2.45) is 0 Å². The summed E-state index contributed by atoms with van der Waals surface area (Å²) in [5.41, 5.74) is 23.7. The maximum Gasteiger partial charge on any atom is 0.127 e. The van der Waals surface area contributed by atoms with E-state index in [4.69, 9.17) is 15.2 Å². The first-order chi connectivity index (χ1) is 23.7. The van der Waals surface area contributed by atoms with Gasteiger partial charge in [0.05, 0.1) is 11.8 Å². The van der Waals surface area contributed by atoms with Gasteiger partial charge in [0.15, 0.2) is 0 Å². The fourth-order valence-electron chi connectivity index (χ4n) is 8.99. The minimum absolute atomic E-state index is 0.218. The molecule has 8 rings (SSSR count). The average Bonchev–Trinajstić information content (AvgIpc) is 3.75. The summed E-state index contributed by atoms with van der Waals surface area (Å²) in [6.45, 7) is 23.8. The summed E-state index contributed by atoms with van der Waals surface area (Å²) in [6, 6.07) is 30.2. The molecule has 5 aromatic rings. The first kappa shape index (κ1) is 33.8. The van der Waals surface area contributed by atoms with E-state index in [1.807, 2.05) is 0 Å². The SMILES string of the molecule is Cc1c(C)c(N2Cc3ccccc3C2)c(C)c2c1OC(C)(C)C2c1ccccc1.Cc1c(C)c2c(c(C)c1N)C(c1ccccc1)C(C)(C)O2. The molecule has 3 aliphatic rings. The highest BCUT2D eigenvalue weighted by molar-refractivity contribution is 5.73. The van der Waals surface area contributed by atoms with Gasteiger partial charge in [-0.15, -0.1) is 0 Å². The molecule has 0 aromatic heterocycles. The fraction of sp³-hybridized carbons (Fsp3) is 0.348. The highest BCUT2D eigenvalue weighted by Crippen LogP contribution is 2.55. The van der Waals surface area contributed by atoms with E-state index >= 15 is 0 Å². The number of anilines is 2. The molecule has 0 fully saturated rings. The molecule has 0 bridgehead atoms. The lowest BCUT2D eigenvalue weighted by Crippen LogP contribution is -2.31. The number of hydrogen-bond acceptors (Lipinski definition) is 4. The van der Waals surface area contributed by atoms with Crippen LogP contribution in [0.2, 0.25) is 0 Å². The molecule has 0 aliphatic carbocycles. The van der Waals surface area contributed by atoms with Crippen molar-refractivity contribution in [3.63, 3.8) is 0 Å². The largest absolute Gasteiger partial charge is 0.486 e. The summed E-state index contributed by atoms with van der Waals surface area (Å²) in [4.78, 5) is 2.55.